The number of hydrogen-bond acceptors (Lipinski definition) is 10. The molecule has 1 saturated carbocycles. The quantitative estimate of drug-likeness (QED) is 0.114. The van der Waals surface area contributed by atoms with E-state index in [1.54, 1.807) is 55.8 Å². The zero-order chi connectivity index (χ0) is 32.8. The third-order valence-corrected chi connectivity index (χ3v) is 9.01. The van der Waals surface area contributed by atoms with Gasteiger partial charge in [-0.05, 0) is 79.9 Å². The van der Waals surface area contributed by atoms with E-state index in [-0.39, 0.29) is 31.1 Å². The molecule has 5 rings (SSSR count). The summed E-state index contributed by atoms with van der Waals surface area (Å²) in [5, 5.41) is 8.09. The molecule has 1 fully saturated rings. The average Bonchev–Trinajstić information content (AvgIpc) is 3.07. The van der Waals surface area contributed by atoms with Gasteiger partial charge in [0, 0.05) is 59.3 Å². The molecule has 3 N–H and O–H groups in total. The van der Waals surface area contributed by atoms with Crippen LogP contribution in [0.5, 0.6) is 0 Å². The van der Waals surface area contributed by atoms with Crippen LogP contribution in [0, 0.1) is 18.3 Å². The third-order valence-electron chi connectivity index (χ3n) is 8.14. The fourth-order valence-electron chi connectivity index (χ4n) is 5.40. The van der Waals surface area contributed by atoms with Crippen LogP contribution in [0.3, 0.4) is 0 Å². The number of benzene rings is 2. The van der Waals surface area contributed by atoms with Gasteiger partial charge in [0.25, 0.3) is 5.91 Å². The van der Waals surface area contributed by atoms with Crippen molar-refractivity contribution in [3.63, 3.8) is 0 Å². The number of rotatable bonds is 9. The Hall–Kier alpha value is -5.10. The van der Waals surface area contributed by atoms with Gasteiger partial charge in [-0.15, -0.1) is 0 Å². The van der Waals surface area contributed by atoms with E-state index in [4.69, 9.17) is 4.74 Å². The first-order valence-electron chi connectivity index (χ1n) is 14.7. The highest BCUT2D eigenvalue weighted by molar-refractivity contribution is 7.81. The van der Waals surface area contributed by atoms with Crippen LogP contribution < -0.4 is 16.0 Å². The normalized spacial score (nSPS) is 19.2. The molecule has 0 bridgehead atoms. The highest BCUT2D eigenvalue weighted by Crippen LogP contribution is 2.42. The molecule has 11 nitrogen and oxygen atoms in total. The Labute approximate surface area is 272 Å². The van der Waals surface area contributed by atoms with E-state index < -0.39 is 28.5 Å². The average molecular weight is 639 g/mol. The molecule has 0 spiro atoms. The number of nitrogens with one attached hydrogen (secondary N) is 3. The van der Waals surface area contributed by atoms with Crippen molar-refractivity contribution in [3.05, 3.63) is 95.9 Å². The van der Waals surface area contributed by atoms with Gasteiger partial charge in [0.15, 0.2) is 0 Å². The minimum atomic E-state index is -1.09. The van der Waals surface area contributed by atoms with Crippen LogP contribution in [0.2, 0.25) is 0 Å². The number of anilines is 3. The second-order valence-electron chi connectivity index (χ2n) is 11.3. The topological polar surface area (TPSA) is 152 Å². The summed E-state index contributed by atoms with van der Waals surface area (Å²) in [6, 6.07) is 17.9. The fraction of sp³-hybridized carbons (Fsp3) is 0.265. The number of pyridine rings is 1. The number of amides is 2. The molecule has 12 heteroatoms. The predicted molar refractivity (Wildman–Crippen MR) is 177 cm³/mol. The summed E-state index contributed by atoms with van der Waals surface area (Å²) >= 11 is 4.51. The number of aromatic nitrogens is 3. The summed E-state index contributed by atoms with van der Waals surface area (Å²) in [4.78, 5) is 64.3. The van der Waals surface area contributed by atoms with Crippen molar-refractivity contribution in [1.29, 1.82) is 0 Å². The zero-order valence-corrected chi connectivity index (χ0v) is 26.5. The molecule has 4 aromatic rings. The Morgan fingerprint density at radius 1 is 1.07 bits per heavy atom. The molecule has 46 heavy (non-hydrogen) atoms. The molecule has 2 heterocycles. The molecule has 1 aliphatic rings. The van der Waals surface area contributed by atoms with Crippen molar-refractivity contribution >= 4 is 53.5 Å². The van der Waals surface area contributed by atoms with Gasteiger partial charge in [0.1, 0.15) is 11.7 Å². The highest BCUT2D eigenvalue weighted by Gasteiger charge is 2.52. The summed E-state index contributed by atoms with van der Waals surface area (Å²) in [6.07, 6.45) is 5.46. The van der Waals surface area contributed by atoms with E-state index in [1.807, 2.05) is 37.3 Å². The van der Waals surface area contributed by atoms with Gasteiger partial charge in [-0.2, -0.15) is 12.6 Å². The van der Waals surface area contributed by atoms with Crippen molar-refractivity contribution in [2.24, 2.45) is 11.3 Å². The fourth-order valence-corrected chi connectivity index (χ4v) is 5.93. The third kappa shape index (κ3) is 7.07. The van der Waals surface area contributed by atoms with Crippen molar-refractivity contribution in [2.75, 3.05) is 17.7 Å². The monoisotopic (exact) mass is 638 g/mol. The van der Waals surface area contributed by atoms with Gasteiger partial charge < -0.3 is 20.7 Å². The van der Waals surface area contributed by atoms with E-state index in [1.165, 1.54) is 7.11 Å². The minimum absolute atomic E-state index is 0.0834. The number of carbonyl (C=O) groups excluding carboxylic acids is 4. The summed E-state index contributed by atoms with van der Waals surface area (Å²) in [5.41, 5.74) is 3.87. The zero-order valence-electron chi connectivity index (χ0n) is 25.6. The molecule has 0 aliphatic heterocycles. The summed E-state index contributed by atoms with van der Waals surface area (Å²) in [6.45, 7) is 3.66. The second kappa shape index (κ2) is 13.9. The van der Waals surface area contributed by atoms with Gasteiger partial charge in [-0.25, -0.2) is 9.97 Å². The molecular weight excluding hydrogens is 604 g/mol. The number of esters is 1. The van der Waals surface area contributed by atoms with Crippen molar-refractivity contribution in [3.8, 4) is 11.3 Å². The first kappa shape index (κ1) is 32.3. The van der Waals surface area contributed by atoms with E-state index in [9.17, 15) is 19.2 Å². The summed E-state index contributed by atoms with van der Waals surface area (Å²) < 4.78 is 4.91. The van der Waals surface area contributed by atoms with Gasteiger partial charge in [0.05, 0.1) is 18.2 Å². The Balaban J connectivity index is 1.20. The molecule has 1 aliphatic carbocycles. The number of nitrogens with zero attached hydrogens (tertiary/aromatic N) is 3. The Morgan fingerprint density at radius 3 is 2.63 bits per heavy atom. The number of ketones is 1. The number of aryl methyl sites for hydroxylation is 1. The van der Waals surface area contributed by atoms with Gasteiger partial charge in [-0.3, -0.25) is 24.2 Å². The van der Waals surface area contributed by atoms with Crippen LogP contribution in [-0.4, -0.2) is 50.9 Å². The Morgan fingerprint density at radius 2 is 1.89 bits per heavy atom. The smallest absolute Gasteiger partial charge is 0.312 e. The number of ether oxygens (including phenoxy) is 1. The van der Waals surface area contributed by atoms with Crippen LogP contribution in [0.25, 0.3) is 11.3 Å². The molecule has 2 aromatic carbocycles. The molecule has 0 saturated heterocycles. The number of Topliss-reactive ketones (excluding diaryl/α,β-unsaturated/α-hetero) is 1. The maximum atomic E-state index is 13.1. The molecule has 236 valence electrons. The lowest BCUT2D eigenvalue weighted by molar-refractivity contribution is -0.156. The van der Waals surface area contributed by atoms with Crippen LogP contribution in [0.15, 0.2) is 79.3 Å². The number of carbonyl (C=O) groups is 4. The molecule has 2 amide bonds. The van der Waals surface area contributed by atoms with Gasteiger partial charge >= 0.3 is 5.97 Å². The Kier molecular flexibility index (Phi) is 9.76. The first-order valence-corrected chi connectivity index (χ1v) is 15.2. The van der Waals surface area contributed by atoms with Crippen LogP contribution in [0.1, 0.15) is 41.3 Å². The van der Waals surface area contributed by atoms with Crippen molar-refractivity contribution in [2.45, 2.75) is 38.5 Å². The van der Waals surface area contributed by atoms with Crippen molar-refractivity contribution < 1.29 is 23.9 Å². The van der Waals surface area contributed by atoms with Gasteiger partial charge in [0.2, 0.25) is 11.9 Å². The molecular formula is C34H34N6O5S. The molecule has 3 atom stereocenters. The summed E-state index contributed by atoms with van der Waals surface area (Å²) in [7, 11) is 1.28. The lowest BCUT2D eigenvalue weighted by Crippen LogP contribution is -2.53. The molecule has 0 radical (unpaired) electrons. The first-order chi connectivity index (χ1) is 22.1. The lowest BCUT2D eigenvalue weighted by atomic mass is 9.69. The number of hydrogen-bond donors (Lipinski definition) is 4. The largest absolute Gasteiger partial charge is 0.469 e. The maximum Gasteiger partial charge on any atom is 0.312 e. The van der Waals surface area contributed by atoms with E-state index >= 15 is 0 Å². The van der Waals surface area contributed by atoms with Gasteiger partial charge in [-0.1, -0.05) is 12.1 Å². The predicted octanol–water partition coefficient (Wildman–Crippen LogP) is 4.92. The van der Waals surface area contributed by atoms with Crippen LogP contribution in [-0.2, 0) is 25.7 Å². The SMILES string of the molecule is COC(=O)[C@]1(C)CCC(=O)[C@H](C(=O)NCc2cccc(C(=O)Nc3ccc(Nc4nccc(-c5cccnc5)n4)c(C)c3)c2)[C@H]1S. The van der Waals surface area contributed by atoms with E-state index in [0.29, 0.717) is 22.8 Å². The maximum absolute atomic E-state index is 13.1. The summed E-state index contributed by atoms with van der Waals surface area (Å²) in [5.74, 6) is -2.28. The second-order valence-corrected chi connectivity index (χ2v) is 11.9. The van der Waals surface area contributed by atoms with Crippen LogP contribution >= 0.6 is 12.6 Å². The molecule has 2 aromatic heterocycles. The Bertz CT molecular complexity index is 1790. The number of methoxy groups -OCH3 is 1. The van der Waals surface area contributed by atoms with E-state index in [0.717, 1.165) is 22.5 Å². The number of thiol groups is 1. The highest BCUT2D eigenvalue weighted by atomic mass is 32.1. The van der Waals surface area contributed by atoms with Crippen LogP contribution in [0.4, 0.5) is 17.3 Å². The minimum Gasteiger partial charge on any atom is -0.469 e. The lowest BCUT2D eigenvalue weighted by Gasteiger charge is -2.39. The van der Waals surface area contributed by atoms with Crippen molar-refractivity contribution in [1.82, 2.24) is 20.3 Å². The van der Waals surface area contributed by atoms with E-state index in [2.05, 4.69) is 43.5 Å². The standard InChI is InChI=1S/C34H34N6O5S/c1-20-16-24(9-10-25(20)39-33-36-15-12-26(40-33)23-8-5-14-35-19-23)38-30(42)22-7-4-6-21(17-22)18-37-31(43)28-27(41)11-13-34(2,29(28)46)32(44)45-3/h4-10,12,14-17,19,28-29,46H,11,13,18H2,1-3H3,(H,37,43)(H,38,42)(H,36,39,40)/t28-,29+,34+/m0/s1. The molecule has 0 unspecified atom stereocenters.